The van der Waals surface area contributed by atoms with Crippen molar-refractivity contribution in [1.82, 2.24) is 0 Å². The summed E-state index contributed by atoms with van der Waals surface area (Å²) in [6.45, 7) is 6.71. The highest BCUT2D eigenvalue weighted by Gasteiger charge is 2.15. The lowest BCUT2D eigenvalue weighted by atomic mass is 10.1. The molecule has 0 spiro atoms. The molecule has 1 unspecified atom stereocenters. The molecule has 1 saturated heterocycles. The maximum absolute atomic E-state index is 9.00. The van der Waals surface area contributed by atoms with Crippen LogP contribution >= 0.6 is 0 Å². The van der Waals surface area contributed by atoms with Crippen LogP contribution in [0.3, 0.4) is 0 Å². The van der Waals surface area contributed by atoms with E-state index in [-0.39, 0.29) is 12.2 Å². The van der Waals surface area contributed by atoms with Crippen LogP contribution in [0.2, 0.25) is 0 Å². The van der Waals surface area contributed by atoms with E-state index in [4.69, 9.17) is 9.84 Å². The maximum Gasteiger partial charge on any atom is 0.0586 e. The lowest BCUT2D eigenvalue weighted by Crippen LogP contribution is -2.26. The molecule has 1 heterocycles. The fraction of sp³-hybridized carbons (Fsp3) is 1.00. The molecule has 62 valence electrons. The molecule has 1 rings (SSSR count). The van der Waals surface area contributed by atoms with Gasteiger partial charge in [-0.2, -0.15) is 0 Å². The van der Waals surface area contributed by atoms with Gasteiger partial charge >= 0.3 is 0 Å². The second-order valence-corrected chi connectivity index (χ2v) is 2.36. The van der Waals surface area contributed by atoms with E-state index < -0.39 is 0 Å². The molecule has 0 saturated carbocycles. The Morgan fingerprint density at radius 2 is 2.00 bits per heavy atom. The van der Waals surface area contributed by atoms with Crippen LogP contribution in [0.1, 0.15) is 33.6 Å². The van der Waals surface area contributed by atoms with Crippen LogP contribution in [0.15, 0.2) is 0 Å². The third-order valence-corrected chi connectivity index (χ3v) is 1.46. The molecule has 0 aromatic heterocycles. The number of aliphatic hydroxyl groups excluding tert-OH is 1. The highest BCUT2D eigenvalue weighted by Crippen LogP contribution is 2.11. The molecule has 2 atom stereocenters. The van der Waals surface area contributed by atoms with Crippen LogP contribution < -0.4 is 0 Å². The monoisotopic (exact) mass is 146 g/mol. The Morgan fingerprint density at radius 1 is 1.40 bits per heavy atom. The fourth-order valence-corrected chi connectivity index (χ4v) is 0.974. The summed E-state index contributed by atoms with van der Waals surface area (Å²) >= 11 is 0. The van der Waals surface area contributed by atoms with Crippen molar-refractivity contribution in [2.24, 2.45) is 0 Å². The normalized spacial score (nSPS) is 32.4. The molecule has 10 heavy (non-hydrogen) atoms. The average Bonchev–Trinajstić information content (AvgIpc) is 1.91. The van der Waals surface area contributed by atoms with Gasteiger partial charge in [0.2, 0.25) is 0 Å². The fourth-order valence-electron chi connectivity index (χ4n) is 0.974. The van der Waals surface area contributed by atoms with Gasteiger partial charge in [-0.1, -0.05) is 13.8 Å². The number of hydrogen-bond donors (Lipinski definition) is 1. The first-order chi connectivity index (χ1) is 4.79. The summed E-state index contributed by atoms with van der Waals surface area (Å²) in [5.41, 5.74) is 0. The number of aliphatic hydroxyl groups is 1. The third kappa shape index (κ3) is 3.85. The minimum absolute atomic E-state index is 0.112. The van der Waals surface area contributed by atoms with Gasteiger partial charge in [0.25, 0.3) is 0 Å². The zero-order valence-corrected chi connectivity index (χ0v) is 7.13. The third-order valence-electron chi connectivity index (χ3n) is 1.46. The van der Waals surface area contributed by atoms with E-state index in [1.165, 1.54) is 0 Å². The van der Waals surface area contributed by atoms with Crippen LogP contribution in [-0.4, -0.2) is 23.9 Å². The van der Waals surface area contributed by atoms with Gasteiger partial charge in [0, 0.05) is 6.61 Å². The lowest BCUT2D eigenvalue weighted by molar-refractivity contribution is -0.0340. The van der Waals surface area contributed by atoms with Gasteiger partial charge in [0.1, 0.15) is 0 Å². The van der Waals surface area contributed by atoms with Gasteiger partial charge in [-0.05, 0) is 19.8 Å². The van der Waals surface area contributed by atoms with Gasteiger partial charge < -0.3 is 9.84 Å². The molecule has 1 fully saturated rings. The molecule has 2 heteroatoms. The molecule has 0 bridgehead atoms. The Balaban J connectivity index is 0.000000371. The van der Waals surface area contributed by atoms with Crippen molar-refractivity contribution in [3.05, 3.63) is 0 Å². The van der Waals surface area contributed by atoms with Crippen molar-refractivity contribution in [1.29, 1.82) is 0 Å². The van der Waals surface area contributed by atoms with Crippen LogP contribution in [0.25, 0.3) is 0 Å². The molecule has 1 aliphatic rings. The van der Waals surface area contributed by atoms with Crippen LogP contribution in [0, 0.1) is 0 Å². The van der Waals surface area contributed by atoms with E-state index >= 15 is 0 Å². The Kier molecular flexibility index (Phi) is 5.64. The van der Waals surface area contributed by atoms with Gasteiger partial charge in [0.15, 0.2) is 0 Å². The molecule has 0 aromatic rings. The van der Waals surface area contributed by atoms with Crippen LogP contribution in [-0.2, 0) is 4.74 Å². The summed E-state index contributed by atoms with van der Waals surface area (Å²) in [6.07, 6.45) is 1.77. The minimum Gasteiger partial charge on any atom is -0.393 e. The maximum atomic E-state index is 9.00. The summed E-state index contributed by atoms with van der Waals surface area (Å²) < 4.78 is 5.19. The number of ether oxygens (including phenoxy) is 1. The highest BCUT2D eigenvalue weighted by atomic mass is 16.5. The topological polar surface area (TPSA) is 29.5 Å². The van der Waals surface area contributed by atoms with E-state index in [0.29, 0.717) is 0 Å². The van der Waals surface area contributed by atoms with Crippen molar-refractivity contribution in [3.8, 4) is 0 Å². The van der Waals surface area contributed by atoms with Crippen LogP contribution in [0.4, 0.5) is 0 Å². The van der Waals surface area contributed by atoms with Crippen LogP contribution in [0.5, 0.6) is 0 Å². The van der Waals surface area contributed by atoms with Gasteiger partial charge in [-0.25, -0.2) is 0 Å². The average molecular weight is 146 g/mol. The molecule has 0 amide bonds. The van der Waals surface area contributed by atoms with Gasteiger partial charge in [-0.3, -0.25) is 0 Å². The first-order valence-corrected chi connectivity index (χ1v) is 4.08. The molecule has 1 N–H and O–H groups in total. The lowest BCUT2D eigenvalue weighted by Gasteiger charge is -2.22. The smallest absolute Gasteiger partial charge is 0.0586 e. The zero-order valence-electron chi connectivity index (χ0n) is 7.13. The molecular weight excluding hydrogens is 128 g/mol. The van der Waals surface area contributed by atoms with E-state index in [1.807, 2.05) is 20.8 Å². The molecule has 0 aromatic carbocycles. The Morgan fingerprint density at radius 3 is 2.30 bits per heavy atom. The number of rotatable bonds is 0. The van der Waals surface area contributed by atoms with E-state index in [2.05, 4.69) is 0 Å². The Hall–Kier alpha value is -0.0800. The molecule has 0 radical (unpaired) electrons. The van der Waals surface area contributed by atoms with E-state index in [9.17, 15) is 0 Å². The van der Waals surface area contributed by atoms with E-state index in [0.717, 1.165) is 19.4 Å². The summed E-state index contributed by atoms with van der Waals surface area (Å²) in [5, 5.41) is 9.00. The summed E-state index contributed by atoms with van der Waals surface area (Å²) in [6, 6.07) is 0. The zero-order chi connectivity index (χ0) is 7.98. The first kappa shape index (κ1) is 9.92. The summed E-state index contributed by atoms with van der Waals surface area (Å²) in [4.78, 5) is 0. The SMILES string of the molecule is CC.CC1C[C@@H](O)CCO1. The predicted molar refractivity (Wildman–Crippen MR) is 42.0 cm³/mol. The van der Waals surface area contributed by atoms with Crippen molar-refractivity contribution >= 4 is 0 Å². The number of hydrogen-bond acceptors (Lipinski definition) is 2. The second-order valence-electron chi connectivity index (χ2n) is 2.36. The minimum atomic E-state index is -0.112. The van der Waals surface area contributed by atoms with Gasteiger partial charge in [-0.15, -0.1) is 0 Å². The molecular formula is C8H18O2. The summed E-state index contributed by atoms with van der Waals surface area (Å²) in [7, 11) is 0. The molecule has 0 aliphatic carbocycles. The molecule has 2 nitrogen and oxygen atoms in total. The Bertz CT molecular complexity index is 65.7. The second kappa shape index (κ2) is 5.69. The van der Waals surface area contributed by atoms with Crippen molar-refractivity contribution in [3.63, 3.8) is 0 Å². The predicted octanol–water partition coefficient (Wildman–Crippen LogP) is 1.57. The van der Waals surface area contributed by atoms with E-state index in [1.54, 1.807) is 0 Å². The molecule has 1 aliphatic heterocycles. The van der Waals surface area contributed by atoms with Crippen molar-refractivity contribution in [2.45, 2.75) is 45.8 Å². The van der Waals surface area contributed by atoms with Crippen molar-refractivity contribution < 1.29 is 9.84 Å². The van der Waals surface area contributed by atoms with Gasteiger partial charge in [0.05, 0.1) is 12.2 Å². The van der Waals surface area contributed by atoms with Crippen molar-refractivity contribution in [2.75, 3.05) is 6.61 Å². The quantitative estimate of drug-likeness (QED) is 0.562. The standard InChI is InChI=1S/C6H12O2.C2H6/c1-5-4-6(7)2-3-8-5;1-2/h5-7H,2-4H2,1H3;1-2H3/t5?,6-;/m0./s1. The summed E-state index contributed by atoms with van der Waals surface area (Å²) in [5.74, 6) is 0. The highest BCUT2D eigenvalue weighted by molar-refractivity contribution is 4.65. The largest absolute Gasteiger partial charge is 0.393 e. The Labute approximate surface area is 63.2 Å². The first-order valence-electron chi connectivity index (χ1n) is 4.08.